The van der Waals surface area contributed by atoms with Gasteiger partial charge in [0.1, 0.15) is 0 Å². The molecule has 13 heavy (non-hydrogen) atoms. The van der Waals surface area contributed by atoms with Gasteiger partial charge >= 0.3 is 11.8 Å². The summed E-state index contributed by atoms with van der Waals surface area (Å²) in [5, 5.41) is 4.90. The zero-order valence-corrected chi connectivity index (χ0v) is 7.93. The van der Waals surface area contributed by atoms with Gasteiger partial charge in [-0.2, -0.15) is 0 Å². The highest BCUT2D eigenvalue weighted by atomic mass is 16.2. The van der Waals surface area contributed by atoms with E-state index in [0.717, 1.165) is 12.8 Å². The molecule has 0 heterocycles. The van der Waals surface area contributed by atoms with Gasteiger partial charge in [0, 0.05) is 13.1 Å². The van der Waals surface area contributed by atoms with Crippen molar-refractivity contribution in [1.29, 1.82) is 0 Å². The molecule has 0 bridgehead atoms. The molecule has 0 unspecified atom stereocenters. The van der Waals surface area contributed by atoms with E-state index in [1.807, 2.05) is 6.92 Å². The second-order valence-corrected chi connectivity index (χ2v) is 2.61. The predicted molar refractivity (Wildman–Crippen MR) is 51.1 cm³/mol. The smallest absolute Gasteiger partial charge is 0.309 e. The molecule has 0 atom stereocenters. The normalized spacial score (nSPS) is 9.00. The van der Waals surface area contributed by atoms with Crippen LogP contribution in [0.1, 0.15) is 19.8 Å². The van der Waals surface area contributed by atoms with Crippen LogP contribution in [0.2, 0.25) is 0 Å². The Balaban J connectivity index is 3.57. The summed E-state index contributed by atoms with van der Waals surface area (Å²) in [5.41, 5.74) is 0. The van der Waals surface area contributed by atoms with Crippen molar-refractivity contribution < 1.29 is 9.59 Å². The highest BCUT2D eigenvalue weighted by molar-refractivity contribution is 6.35. The topological polar surface area (TPSA) is 58.2 Å². The fourth-order valence-electron chi connectivity index (χ4n) is 0.704. The third-order valence-corrected chi connectivity index (χ3v) is 1.43. The molecular formula is C9H16N2O2. The van der Waals surface area contributed by atoms with E-state index in [9.17, 15) is 9.59 Å². The zero-order chi connectivity index (χ0) is 10.1. The van der Waals surface area contributed by atoms with E-state index in [1.165, 1.54) is 6.08 Å². The number of rotatable bonds is 5. The Labute approximate surface area is 78.4 Å². The summed E-state index contributed by atoms with van der Waals surface area (Å²) in [6.07, 6.45) is 3.41. The first-order valence-corrected chi connectivity index (χ1v) is 4.39. The molecule has 0 aromatic heterocycles. The van der Waals surface area contributed by atoms with E-state index in [0.29, 0.717) is 13.1 Å². The lowest BCUT2D eigenvalue weighted by Gasteiger charge is -2.03. The van der Waals surface area contributed by atoms with Crippen LogP contribution in [0.25, 0.3) is 0 Å². The largest absolute Gasteiger partial charge is 0.348 e. The lowest BCUT2D eigenvalue weighted by Crippen LogP contribution is -2.40. The number of carbonyl (C=O) groups excluding carboxylic acids is 2. The molecule has 2 amide bonds. The first-order valence-electron chi connectivity index (χ1n) is 4.39. The van der Waals surface area contributed by atoms with Crippen LogP contribution in [0.3, 0.4) is 0 Å². The summed E-state index contributed by atoms with van der Waals surface area (Å²) < 4.78 is 0. The molecule has 0 saturated carbocycles. The molecule has 0 aliphatic carbocycles. The quantitative estimate of drug-likeness (QED) is 0.364. The molecule has 0 aliphatic rings. The summed E-state index contributed by atoms with van der Waals surface area (Å²) >= 11 is 0. The molecule has 2 N–H and O–H groups in total. The molecule has 0 aromatic carbocycles. The summed E-state index contributed by atoms with van der Waals surface area (Å²) in [4.78, 5) is 21.9. The molecule has 0 spiro atoms. The Kier molecular flexibility index (Phi) is 6.59. The minimum atomic E-state index is -0.601. The van der Waals surface area contributed by atoms with E-state index in [2.05, 4.69) is 17.2 Å². The van der Waals surface area contributed by atoms with Crippen molar-refractivity contribution in [2.24, 2.45) is 0 Å². The average Bonchev–Trinajstić information content (AvgIpc) is 2.14. The first kappa shape index (κ1) is 11.7. The molecule has 0 radical (unpaired) electrons. The van der Waals surface area contributed by atoms with Gasteiger partial charge in [0.25, 0.3) is 0 Å². The molecule has 4 nitrogen and oxygen atoms in total. The fraction of sp³-hybridized carbons (Fsp3) is 0.556. The second kappa shape index (κ2) is 7.34. The van der Waals surface area contributed by atoms with Gasteiger partial charge in [-0.1, -0.05) is 19.4 Å². The minimum absolute atomic E-state index is 0.319. The summed E-state index contributed by atoms with van der Waals surface area (Å²) in [6.45, 7) is 6.31. The van der Waals surface area contributed by atoms with Crippen molar-refractivity contribution in [2.45, 2.75) is 19.8 Å². The Morgan fingerprint density at radius 2 is 1.92 bits per heavy atom. The molecule has 4 heteroatoms. The number of hydrogen-bond donors (Lipinski definition) is 2. The van der Waals surface area contributed by atoms with Gasteiger partial charge in [0.05, 0.1) is 0 Å². The van der Waals surface area contributed by atoms with Crippen LogP contribution in [-0.4, -0.2) is 24.9 Å². The van der Waals surface area contributed by atoms with Crippen molar-refractivity contribution in [3.63, 3.8) is 0 Å². The van der Waals surface area contributed by atoms with Crippen molar-refractivity contribution in [3.05, 3.63) is 12.7 Å². The van der Waals surface area contributed by atoms with Crippen LogP contribution >= 0.6 is 0 Å². The number of unbranched alkanes of at least 4 members (excludes halogenated alkanes) is 1. The van der Waals surface area contributed by atoms with E-state index in [-0.39, 0.29) is 0 Å². The molecule has 0 aliphatic heterocycles. The predicted octanol–water partition coefficient (Wildman–Crippen LogP) is 0.205. The van der Waals surface area contributed by atoms with E-state index in [4.69, 9.17) is 0 Å². The van der Waals surface area contributed by atoms with Gasteiger partial charge in [-0.25, -0.2) is 0 Å². The van der Waals surface area contributed by atoms with Gasteiger partial charge < -0.3 is 10.6 Å². The summed E-state index contributed by atoms with van der Waals surface area (Å²) in [6, 6.07) is 0. The molecule has 0 fully saturated rings. The first-order chi connectivity index (χ1) is 6.22. The standard InChI is InChI=1S/C9H16N2O2/c1-3-5-7-11-9(13)8(12)10-6-4-2/h4H,2-3,5-7H2,1H3,(H,10,12)(H,11,13). The van der Waals surface area contributed by atoms with Crippen molar-refractivity contribution in [2.75, 3.05) is 13.1 Å². The van der Waals surface area contributed by atoms with Crippen molar-refractivity contribution in [1.82, 2.24) is 10.6 Å². The number of nitrogens with one attached hydrogen (secondary N) is 2. The maximum Gasteiger partial charge on any atom is 0.309 e. The third kappa shape index (κ3) is 5.90. The second-order valence-electron chi connectivity index (χ2n) is 2.61. The average molecular weight is 184 g/mol. The molecule has 0 aromatic rings. The van der Waals surface area contributed by atoms with Gasteiger partial charge in [-0.15, -0.1) is 6.58 Å². The highest BCUT2D eigenvalue weighted by Gasteiger charge is 2.10. The van der Waals surface area contributed by atoms with Crippen molar-refractivity contribution >= 4 is 11.8 Å². The summed E-state index contributed by atoms with van der Waals surface area (Å²) in [5.74, 6) is -1.17. The minimum Gasteiger partial charge on any atom is -0.348 e. The van der Waals surface area contributed by atoms with Crippen molar-refractivity contribution in [3.8, 4) is 0 Å². The van der Waals surface area contributed by atoms with Gasteiger partial charge in [0.15, 0.2) is 0 Å². The Morgan fingerprint density at radius 3 is 2.46 bits per heavy atom. The van der Waals surface area contributed by atoms with Crippen LogP contribution in [-0.2, 0) is 9.59 Å². The van der Waals surface area contributed by atoms with Crippen LogP contribution in [0.5, 0.6) is 0 Å². The van der Waals surface area contributed by atoms with Gasteiger partial charge in [-0.05, 0) is 6.42 Å². The SMILES string of the molecule is C=CCNC(=O)C(=O)NCCCC. The third-order valence-electron chi connectivity index (χ3n) is 1.43. The number of carbonyl (C=O) groups is 2. The van der Waals surface area contributed by atoms with E-state index < -0.39 is 11.8 Å². The zero-order valence-electron chi connectivity index (χ0n) is 7.93. The fourth-order valence-corrected chi connectivity index (χ4v) is 0.704. The Hall–Kier alpha value is -1.32. The molecule has 0 rings (SSSR count). The number of amides is 2. The number of hydrogen-bond acceptors (Lipinski definition) is 2. The van der Waals surface area contributed by atoms with Gasteiger partial charge in [-0.3, -0.25) is 9.59 Å². The van der Waals surface area contributed by atoms with Crippen LogP contribution in [0.4, 0.5) is 0 Å². The highest BCUT2D eigenvalue weighted by Crippen LogP contribution is 1.82. The van der Waals surface area contributed by atoms with Crippen LogP contribution in [0.15, 0.2) is 12.7 Å². The van der Waals surface area contributed by atoms with Crippen LogP contribution in [0, 0.1) is 0 Å². The summed E-state index contributed by atoms with van der Waals surface area (Å²) in [7, 11) is 0. The van der Waals surface area contributed by atoms with E-state index >= 15 is 0 Å². The lowest BCUT2D eigenvalue weighted by atomic mass is 10.3. The monoisotopic (exact) mass is 184 g/mol. The van der Waals surface area contributed by atoms with Crippen LogP contribution < -0.4 is 10.6 Å². The Bertz CT molecular complexity index is 190. The molecule has 74 valence electrons. The van der Waals surface area contributed by atoms with E-state index in [1.54, 1.807) is 0 Å². The molecule has 0 saturated heterocycles. The van der Waals surface area contributed by atoms with Gasteiger partial charge in [0.2, 0.25) is 0 Å². The lowest BCUT2D eigenvalue weighted by molar-refractivity contribution is -0.139. The maximum absolute atomic E-state index is 11.0. The Morgan fingerprint density at radius 1 is 1.31 bits per heavy atom. The maximum atomic E-state index is 11.0. The molecular weight excluding hydrogens is 168 g/mol.